The third kappa shape index (κ3) is 5.04. The molecule has 5 nitrogen and oxygen atoms in total. The number of nitrogens with zero attached hydrogens (tertiary/aromatic N) is 5. The standard InChI is InChI=1S/C51H31N5S/c1-2-12-32(13-3-1)36-26-28-40-39-16-6-10-20-45(39)56(46(40)31-36)51-53-49(52-50(54-51)55-43-18-8-4-14-37(43)38-15-5-9-19-44(38)55)34-24-22-33(23-25-34)35-27-29-48-42(30-35)41-17-7-11-21-47(41)57-48/h1-31H/i1D,2D,3D,4D,5D,6D,8D,9D,10D,12D,13D,14D,15D,16D,18D,19D,20D,26D,28D,31D. The fourth-order valence-corrected chi connectivity index (χ4v) is 8.32. The quantitative estimate of drug-likeness (QED) is 0.175. The van der Waals surface area contributed by atoms with Gasteiger partial charge in [0.25, 0.3) is 0 Å². The van der Waals surface area contributed by atoms with Crippen LogP contribution in [0.4, 0.5) is 0 Å². The molecule has 4 aromatic heterocycles. The van der Waals surface area contributed by atoms with Gasteiger partial charge in [-0.05, 0) is 64.6 Å². The van der Waals surface area contributed by atoms with Crippen LogP contribution in [-0.4, -0.2) is 24.1 Å². The molecule has 0 fully saturated rings. The largest absolute Gasteiger partial charge is 0.278 e. The Morgan fingerprint density at radius 3 is 1.61 bits per heavy atom. The first kappa shape index (κ1) is 18.0. The van der Waals surface area contributed by atoms with Crippen LogP contribution >= 0.6 is 11.3 Å². The summed E-state index contributed by atoms with van der Waals surface area (Å²) in [6, 6.07) is 6.01. The molecule has 0 spiro atoms. The molecule has 8 aromatic carbocycles. The first-order valence-corrected chi connectivity index (χ1v) is 18.3. The Bertz CT molecular complexity index is 4600. The van der Waals surface area contributed by atoms with Gasteiger partial charge in [0.15, 0.2) is 5.82 Å². The third-order valence-electron chi connectivity index (χ3n) is 9.81. The molecule has 0 radical (unpaired) electrons. The second-order valence-electron chi connectivity index (χ2n) is 13.0. The Morgan fingerprint density at radius 1 is 0.386 bits per heavy atom. The molecule has 0 atom stereocenters. The molecule has 0 amide bonds. The monoisotopic (exact) mass is 765 g/mol. The van der Waals surface area contributed by atoms with Crippen LogP contribution in [0.2, 0.25) is 0 Å². The lowest BCUT2D eigenvalue weighted by atomic mass is 10.0. The van der Waals surface area contributed by atoms with Gasteiger partial charge in [-0.25, -0.2) is 0 Å². The van der Waals surface area contributed by atoms with Crippen molar-refractivity contribution < 1.29 is 27.4 Å². The zero-order valence-corrected chi connectivity index (χ0v) is 29.8. The molecule has 0 saturated carbocycles. The lowest BCUT2D eigenvalue weighted by Gasteiger charge is -2.13. The maximum absolute atomic E-state index is 9.86. The van der Waals surface area contributed by atoms with Crippen molar-refractivity contribution in [3.05, 3.63) is 188 Å². The van der Waals surface area contributed by atoms with Gasteiger partial charge in [0.1, 0.15) is 0 Å². The van der Waals surface area contributed by atoms with Crippen molar-refractivity contribution in [1.82, 2.24) is 24.1 Å². The van der Waals surface area contributed by atoms with Crippen molar-refractivity contribution in [2.24, 2.45) is 0 Å². The van der Waals surface area contributed by atoms with Crippen LogP contribution in [0.15, 0.2) is 188 Å². The zero-order valence-electron chi connectivity index (χ0n) is 49.0. The molecule has 12 rings (SSSR count). The van der Waals surface area contributed by atoms with E-state index in [0.717, 1.165) is 40.4 Å². The molecule has 0 aliphatic carbocycles. The van der Waals surface area contributed by atoms with Gasteiger partial charge in [0, 0.05) is 47.3 Å². The topological polar surface area (TPSA) is 48.5 Å². The molecule has 12 aromatic rings. The van der Waals surface area contributed by atoms with Crippen LogP contribution in [0.3, 0.4) is 0 Å². The minimum atomic E-state index is -0.819. The maximum atomic E-state index is 9.86. The smallest absolute Gasteiger partial charge is 0.240 e. The number of hydrogen-bond donors (Lipinski definition) is 0. The Morgan fingerprint density at radius 2 is 0.930 bits per heavy atom. The van der Waals surface area contributed by atoms with Gasteiger partial charge in [-0.3, -0.25) is 9.13 Å². The Labute approximate surface area is 359 Å². The summed E-state index contributed by atoms with van der Waals surface area (Å²) < 4.78 is 183. The van der Waals surface area contributed by atoms with Crippen molar-refractivity contribution in [1.29, 1.82) is 0 Å². The fraction of sp³-hybridized carbons (Fsp3) is 0. The van der Waals surface area contributed by atoms with Gasteiger partial charge in [0.05, 0.1) is 49.5 Å². The number of aromatic nitrogens is 5. The minimum absolute atomic E-state index is 0.219. The molecule has 57 heavy (non-hydrogen) atoms. The van der Waals surface area contributed by atoms with Crippen molar-refractivity contribution in [3.63, 3.8) is 0 Å². The van der Waals surface area contributed by atoms with E-state index >= 15 is 0 Å². The molecule has 0 bridgehead atoms. The maximum Gasteiger partial charge on any atom is 0.240 e. The number of thiophene rings is 1. The van der Waals surface area contributed by atoms with E-state index in [1.807, 2.05) is 36.4 Å². The van der Waals surface area contributed by atoms with Gasteiger partial charge in [-0.2, -0.15) is 15.0 Å². The number of hydrogen-bond acceptors (Lipinski definition) is 4. The summed E-state index contributed by atoms with van der Waals surface area (Å²) in [5.74, 6) is -1.34. The minimum Gasteiger partial charge on any atom is -0.278 e. The molecule has 0 aliphatic heterocycles. The van der Waals surface area contributed by atoms with E-state index < -0.39 is 160 Å². The average Bonchev–Trinajstić information content (AvgIpc) is 4.32. The molecule has 4 heterocycles. The van der Waals surface area contributed by atoms with E-state index in [9.17, 15) is 9.60 Å². The second kappa shape index (κ2) is 12.6. The van der Waals surface area contributed by atoms with Crippen LogP contribution in [0.1, 0.15) is 27.4 Å². The number of benzene rings is 8. The van der Waals surface area contributed by atoms with Gasteiger partial charge >= 0.3 is 0 Å². The lowest BCUT2D eigenvalue weighted by molar-refractivity contribution is 0.893. The van der Waals surface area contributed by atoms with E-state index in [-0.39, 0.29) is 38.6 Å². The molecule has 0 saturated heterocycles. The van der Waals surface area contributed by atoms with Crippen molar-refractivity contribution in [2.75, 3.05) is 0 Å². The number of rotatable bonds is 5. The Hall–Kier alpha value is -7.41. The SMILES string of the molecule is [2H]c1c([2H])c([2H])c(-c2c([2H])c([2H])c3c4c([2H])c([2H])c([2H])c([2H])c4n(-c4nc(-c5ccc(-c6ccc7sc8ccccc8c7c6)cc5)nc(-n5c6c([2H])c([2H])c([2H])c([2H])c6c6c([2H])c([2H])c([2H])c([2H])c65)n4)c3c2[2H])c([2H])c1[2H]. The van der Waals surface area contributed by atoms with E-state index in [4.69, 9.17) is 32.8 Å². The van der Waals surface area contributed by atoms with E-state index in [2.05, 4.69) is 6.07 Å². The second-order valence-corrected chi connectivity index (χ2v) is 14.0. The molecule has 0 N–H and O–H groups in total. The molecule has 266 valence electrons. The summed E-state index contributed by atoms with van der Waals surface area (Å²) in [5, 5.41) is 0.715. The van der Waals surface area contributed by atoms with Crippen LogP contribution in [0.25, 0.3) is 109 Å². The van der Waals surface area contributed by atoms with Crippen LogP contribution in [0.5, 0.6) is 0 Å². The van der Waals surface area contributed by atoms with Crippen molar-refractivity contribution >= 4 is 75.1 Å². The summed E-state index contributed by atoms with van der Waals surface area (Å²) in [5.41, 5.74) is -1.06. The van der Waals surface area contributed by atoms with Crippen LogP contribution < -0.4 is 0 Å². The first-order chi connectivity index (χ1) is 36.6. The Balaban J connectivity index is 1.24. The summed E-state index contributed by atoms with van der Waals surface area (Å²) in [6.07, 6.45) is 0. The molecular weight excluding hydrogens is 715 g/mol. The predicted molar refractivity (Wildman–Crippen MR) is 238 cm³/mol. The number of para-hydroxylation sites is 3. The highest BCUT2D eigenvalue weighted by Crippen LogP contribution is 2.38. The van der Waals surface area contributed by atoms with Crippen molar-refractivity contribution in [3.8, 4) is 45.5 Å². The molecular formula is C51H31N5S. The normalized spacial score (nSPS) is 16.8. The van der Waals surface area contributed by atoms with Gasteiger partial charge in [-0.1, -0.05) is 145 Å². The molecule has 0 aliphatic rings. The highest BCUT2D eigenvalue weighted by molar-refractivity contribution is 7.25. The van der Waals surface area contributed by atoms with E-state index in [0.29, 0.717) is 0 Å². The van der Waals surface area contributed by atoms with Gasteiger partial charge in [-0.15, -0.1) is 11.3 Å². The van der Waals surface area contributed by atoms with E-state index in [1.54, 1.807) is 35.6 Å². The highest BCUT2D eigenvalue weighted by Gasteiger charge is 2.21. The summed E-state index contributed by atoms with van der Waals surface area (Å²) in [7, 11) is 0. The van der Waals surface area contributed by atoms with Gasteiger partial charge < -0.3 is 0 Å². The predicted octanol–water partition coefficient (Wildman–Crippen LogP) is 13.4. The number of fused-ring (bicyclic) bond motifs is 9. The van der Waals surface area contributed by atoms with Crippen molar-refractivity contribution in [2.45, 2.75) is 0 Å². The van der Waals surface area contributed by atoms with Crippen LogP contribution in [0, 0.1) is 0 Å². The zero-order chi connectivity index (χ0) is 54.9. The first-order valence-electron chi connectivity index (χ1n) is 27.5. The van der Waals surface area contributed by atoms with E-state index in [1.165, 1.54) is 0 Å². The summed E-state index contributed by atoms with van der Waals surface area (Å²) >= 11 is 1.66. The summed E-state index contributed by atoms with van der Waals surface area (Å²) in [6.45, 7) is 0. The third-order valence-corrected chi connectivity index (χ3v) is 11.0. The lowest BCUT2D eigenvalue weighted by Crippen LogP contribution is -2.10. The fourth-order valence-electron chi connectivity index (χ4n) is 7.23. The van der Waals surface area contributed by atoms with Gasteiger partial charge in [0.2, 0.25) is 11.9 Å². The highest BCUT2D eigenvalue weighted by atomic mass is 32.1. The summed E-state index contributed by atoms with van der Waals surface area (Å²) in [4.78, 5) is 14.5. The molecule has 6 heteroatoms. The average molecular weight is 766 g/mol. The van der Waals surface area contributed by atoms with Crippen LogP contribution in [-0.2, 0) is 0 Å². The Kier molecular flexibility index (Phi) is 3.97. The molecule has 0 unspecified atom stereocenters.